The SMILES string of the molecule is O=C(O)c1ccccc1OF.[Li+].[Li+].[Li+].[O-]B([O-])[O-]. The van der Waals surface area contributed by atoms with Gasteiger partial charge in [0.2, 0.25) is 0 Å². The molecule has 0 fully saturated rings. The number of carboxylic acids is 1. The number of hydrogen-bond donors (Lipinski definition) is 1. The maximum Gasteiger partial charge on any atom is 1.00 e. The Bertz CT molecular complexity index is 327. The van der Waals surface area contributed by atoms with E-state index >= 15 is 0 Å². The molecule has 6 nitrogen and oxygen atoms in total. The number of aromatic carboxylic acids is 1. The van der Waals surface area contributed by atoms with Gasteiger partial charge >= 0.3 is 62.6 Å². The molecule has 0 bridgehead atoms. The number of para-hydroxylation sites is 1. The van der Waals surface area contributed by atoms with Crippen LogP contribution in [0.1, 0.15) is 10.4 Å². The van der Waals surface area contributed by atoms with E-state index in [1.54, 1.807) is 0 Å². The van der Waals surface area contributed by atoms with Crippen LogP contribution in [0.25, 0.3) is 0 Å². The van der Waals surface area contributed by atoms with Crippen LogP contribution >= 0.6 is 0 Å². The quantitative estimate of drug-likeness (QED) is 0.509. The summed E-state index contributed by atoms with van der Waals surface area (Å²) < 4.78 is 11.6. The molecule has 1 rings (SSSR count). The van der Waals surface area contributed by atoms with E-state index in [9.17, 15) is 9.32 Å². The van der Waals surface area contributed by atoms with Crippen LogP contribution in [-0.2, 0) is 0 Å². The van der Waals surface area contributed by atoms with Crippen LogP contribution in [0.4, 0.5) is 4.53 Å². The summed E-state index contributed by atoms with van der Waals surface area (Å²) in [7, 11) is -2.92. The fraction of sp³-hybridized carbons (Fsp3) is 0. The van der Waals surface area contributed by atoms with E-state index in [0.717, 1.165) is 0 Å². The normalized spacial score (nSPS) is 7.11. The molecule has 0 heterocycles. The van der Waals surface area contributed by atoms with Crippen molar-refractivity contribution in [2.45, 2.75) is 0 Å². The van der Waals surface area contributed by atoms with Gasteiger partial charge in [-0.25, -0.2) is 4.79 Å². The van der Waals surface area contributed by atoms with Gasteiger partial charge in [-0.1, -0.05) is 12.1 Å². The van der Waals surface area contributed by atoms with Crippen LogP contribution in [0.3, 0.4) is 0 Å². The maximum absolute atomic E-state index is 11.6. The van der Waals surface area contributed by atoms with Gasteiger partial charge in [0.15, 0.2) is 5.75 Å². The van der Waals surface area contributed by atoms with Crippen LogP contribution in [0.2, 0.25) is 0 Å². The van der Waals surface area contributed by atoms with Gasteiger partial charge in [-0.2, -0.15) is 0 Å². The van der Waals surface area contributed by atoms with Gasteiger partial charge in [-0.3, -0.25) is 12.3 Å². The molecule has 0 saturated heterocycles. The first-order valence-corrected chi connectivity index (χ1v) is 3.57. The van der Waals surface area contributed by atoms with Gasteiger partial charge in [0.25, 0.3) is 0 Å². The molecule has 0 atom stereocenters. The Morgan fingerprint density at radius 2 is 1.56 bits per heavy atom. The van der Waals surface area contributed by atoms with Crippen molar-refractivity contribution in [3.05, 3.63) is 29.8 Å². The Morgan fingerprint density at radius 1 is 1.17 bits per heavy atom. The van der Waals surface area contributed by atoms with Crippen molar-refractivity contribution in [1.82, 2.24) is 0 Å². The standard InChI is InChI=1S/C7H5FO3.BO3.3Li/c8-11-6-4-2-1-3-5(6)7(9)10;2-1(3)4;;;/h1-4H,(H,9,10);;;;/q;-3;3*+1. The number of carbonyl (C=O) groups is 1. The summed E-state index contributed by atoms with van der Waals surface area (Å²) >= 11 is 0. The fourth-order valence-electron chi connectivity index (χ4n) is 0.711. The Morgan fingerprint density at radius 3 is 1.83 bits per heavy atom. The molecule has 0 radical (unpaired) electrons. The van der Waals surface area contributed by atoms with E-state index in [-0.39, 0.29) is 67.9 Å². The Kier molecular flexibility index (Phi) is 22.5. The number of rotatable bonds is 2. The summed E-state index contributed by atoms with van der Waals surface area (Å²) in [5, 5.41) is 33.7. The van der Waals surface area contributed by atoms with Gasteiger partial charge in [-0.05, 0) is 12.1 Å². The first-order chi connectivity index (χ1) is 6.99. The second kappa shape index (κ2) is 15.2. The van der Waals surface area contributed by atoms with E-state index in [2.05, 4.69) is 4.94 Å². The molecule has 18 heavy (non-hydrogen) atoms. The van der Waals surface area contributed by atoms with Crippen LogP contribution < -0.4 is 76.6 Å². The fourth-order valence-corrected chi connectivity index (χ4v) is 0.711. The minimum absolute atomic E-state index is 0. The molecule has 0 aliphatic rings. The summed E-state index contributed by atoms with van der Waals surface area (Å²) in [4.78, 5) is 13.7. The van der Waals surface area contributed by atoms with Crippen LogP contribution in [-0.4, -0.2) is 18.4 Å². The monoisotopic (exact) mass is 236 g/mol. The third kappa shape index (κ3) is 12.6. The Balaban J connectivity index is -0.000000125. The van der Waals surface area contributed by atoms with Crippen LogP contribution in [0.15, 0.2) is 24.3 Å². The van der Waals surface area contributed by atoms with Gasteiger partial charge in [0, 0.05) is 4.53 Å². The number of benzene rings is 1. The zero-order valence-electron chi connectivity index (χ0n) is 10.3. The number of hydrogen-bond acceptors (Lipinski definition) is 5. The molecule has 0 amide bonds. The zero-order valence-corrected chi connectivity index (χ0v) is 10.3. The van der Waals surface area contributed by atoms with Crippen LogP contribution in [0, 0.1) is 0 Å². The van der Waals surface area contributed by atoms with Gasteiger partial charge < -0.3 is 20.2 Å². The molecular weight excluding hydrogens is 231 g/mol. The molecule has 1 aromatic rings. The average Bonchev–Trinajstić information content (AvgIpc) is 2.16. The predicted octanol–water partition coefficient (Wildman–Crippen LogP) is -11.3. The van der Waals surface area contributed by atoms with Crippen molar-refractivity contribution >= 4 is 13.3 Å². The van der Waals surface area contributed by atoms with Crippen LogP contribution in [0.5, 0.6) is 5.75 Å². The Hall–Kier alpha value is 0.157. The molecular formula is C7H5BFLi3O6. The van der Waals surface area contributed by atoms with Crippen molar-refractivity contribution in [2.75, 3.05) is 0 Å². The van der Waals surface area contributed by atoms with E-state index in [1.165, 1.54) is 24.3 Å². The van der Waals surface area contributed by atoms with Gasteiger partial charge in [-0.15, -0.1) is 0 Å². The van der Waals surface area contributed by atoms with Gasteiger partial charge in [0.1, 0.15) is 5.56 Å². The third-order valence-corrected chi connectivity index (χ3v) is 1.20. The second-order valence-corrected chi connectivity index (χ2v) is 2.17. The van der Waals surface area contributed by atoms with E-state index in [4.69, 9.17) is 20.2 Å². The molecule has 0 aliphatic carbocycles. The zero-order chi connectivity index (χ0) is 11.8. The topological polar surface area (TPSA) is 116 Å². The first-order valence-electron chi connectivity index (χ1n) is 3.57. The molecule has 1 N–H and O–H groups in total. The molecule has 0 aromatic heterocycles. The smallest absolute Gasteiger partial charge is 0.907 e. The largest absolute Gasteiger partial charge is 1.00 e. The van der Waals surface area contributed by atoms with E-state index in [0.29, 0.717) is 0 Å². The minimum atomic E-state index is -2.92. The summed E-state index contributed by atoms with van der Waals surface area (Å²) in [5.74, 6) is -1.49. The second-order valence-electron chi connectivity index (χ2n) is 2.17. The van der Waals surface area contributed by atoms with Crippen molar-refractivity contribution in [3.8, 4) is 5.75 Å². The molecule has 0 unspecified atom stereocenters. The molecule has 11 heteroatoms. The molecule has 0 spiro atoms. The van der Waals surface area contributed by atoms with Gasteiger partial charge in [0.05, 0.1) is 0 Å². The van der Waals surface area contributed by atoms with E-state index in [1.807, 2.05) is 0 Å². The summed E-state index contributed by atoms with van der Waals surface area (Å²) in [5.41, 5.74) is -0.185. The molecule has 82 valence electrons. The number of carboxylic acid groups (broad SMARTS) is 1. The first kappa shape index (κ1) is 26.7. The molecule has 1 aromatic carbocycles. The number of halogens is 1. The minimum Gasteiger partial charge on any atom is -0.907 e. The van der Waals surface area contributed by atoms with Crippen molar-refractivity contribution in [1.29, 1.82) is 0 Å². The summed E-state index contributed by atoms with van der Waals surface area (Å²) in [6.07, 6.45) is 0. The third-order valence-electron chi connectivity index (χ3n) is 1.20. The van der Waals surface area contributed by atoms with Crippen molar-refractivity contribution < 1.29 is 91.0 Å². The predicted molar refractivity (Wildman–Crippen MR) is 40.9 cm³/mol. The van der Waals surface area contributed by atoms with Crippen molar-refractivity contribution in [2.24, 2.45) is 0 Å². The maximum atomic E-state index is 11.6. The molecule has 0 saturated carbocycles. The summed E-state index contributed by atoms with van der Waals surface area (Å²) in [6.45, 7) is 0. The Labute approximate surface area is 139 Å². The average molecular weight is 236 g/mol. The summed E-state index contributed by atoms with van der Waals surface area (Å²) in [6, 6.07) is 5.48. The van der Waals surface area contributed by atoms with E-state index < -0.39 is 13.3 Å². The molecule has 0 aliphatic heterocycles. The van der Waals surface area contributed by atoms with Crippen molar-refractivity contribution in [3.63, 3.8) is 0 Å².